The second-order valence-corrected chi connectivity index (χ2v) is 6.67. The SMILES string of the molecule is CN=C(NCc1ccccc1[N+](=O)[O-])N1CCC2(CCCC2)C1.I. The Kier molecular flexibility index (Phi) is 6.42. The molecular formula is C17H25IN4O2. The van der Waals surface area contributed by atoms with Crippen molar-refractivity contribution in [3.8, 4) is 0 Å². The molecule has 1 saturated carbocycles. The van der Waals surface area contributed by atoms with Gasteiger partial charge in [-0.2, -0.15) is 0 Å². The number of likely N-dealkylation sites (tertiary alicyclic amines) is 1. The van der Waals surface area contributed by atoms with Crippen LogP contribution in [0.25, 0.3) is 0 Å². The Morgan fingerprint density at radius 1 is 1.33 bits per heavy atom. The molecule has 1 N–H and O–H groups in total. The summed E-state index contributed by atoms with van der Waals surface area (Å²) in [6.45, 7) is 2.51. The van der Waals surface area contributed by atoms with Crippen LogP contribution in [0.4, 0.5) is 5.69 Å². The minimum atomic E-state index is -0.330. The molecule has 0 unspecified atom stereocenters. The molecule has 1 saturated heterocycles. The van der Waals surface area contributed by atoms with Crippen molar-refractivity contribution >= 4 is 35.6 Å². The quantitative estimate of drug-likeness (QED) is 0.255. The van der Waals surface area contributed by atoms with Gasteiger partial charge < -0.3 is 10.2 Å². The Morgan fingerprint density at radius 3 is 2.71 bits per heavy atom. The van der Waals surface area contributed by atoms with Crippen LogP contribution in [-0.4, -0.2) is 35.9 Å². The van der Waals surface area contributed by atoms with Gasteiger partial charge in [0.25, 0.3) is 5.69 Å². The van der Waals surface area contributed by atoms with Crippen LogP contribution in [0.1, 0.15) is 37.7 Å². The highest BCUT2D eigenvalue weighted by atomic mass is 127. The molecule has 0 amide bonds. The average Bonchev–Trinajstić information content (AvgIpc) is 3.19. The van der Waals surface area contributed by atoms with Gasteiger partial charge in [-0.05, 0) is 24.7 Å². The van der Waals surface area contributed by atoms with Crippen LogP contribution in [-0.2, 0) is 6.54 Å². The van der Waals surface area contributed by atoms with Crippen molar-refractivity contribution in [3.05, 3.63) is 39.9 Å². The number of guanidine groups is 1. The summed E-state index contributed by atoms with van der Waals surface area (Å²) in [5, 5.41) is 14.4. The monoisotopic (exact) mass is 444 g/mol. The van der Waals surface area contributed by atoms with Gasteiger partial charge in [0.15, 0.2) is 5.96 Å². The highest BCUT2D eigenvalue weighted by Crippen LogP contribution is 2.45. The average molecular weight is 444 g/mol. The Morgan fingerprint density at radius 2 is 2.04 bits per heavy atom. The number of hydrogen-bond donors (Lipinski definition) is 1. The van der Waals surface area contributed by atoms with Gasteiger partial charge in [-0.15, -0.1) is 24.0 Å². The number of nitro benzene ring substituents is 1. The number of benzene rings is 1. The molecule has 24 heavy (non-hydrogen) atoms. The van der Waals surface area contributed by atoms with Gasteiger partial charge in [0, 0.05) is 38.3 Å². The van der Waals surface area contributed by atoms with E-state index in [9.17, 15) is 10.1 Å². The lowest BCUT2D eigenvalue weighted by Gasteiger charge is -2.25. The van der Waals surface area contributed by atoms with Crippen molar-refractivity contribution in [1.82, 2.24) is 10.2 Å². The molecule has 0 atom stereocenters. The van der Waals surface area contributed by atoms with E-state index in [0.29, 0.717) is 17.5 Å². The Bertz CT molecular complexity index is 614. The highest BCUT2D eigenvalue weighted by Gasteiger charge is 2.41. The van der Waals surface area contributed by atoms with Crippen LogP contribution in [0.15, 0.2) is 29.3 Å². The lowest BCUT2D eigenvalue weighted by molar-refractivity contribution is -0.385. The zero-order chi connectivity index (χ0) is 16.3. The van der Waals surface area contributed by atoms with Crippen LogP contribution in [0.5, 0.6) is 0 Å². The summed E-state index contributed by atoms with van der Waals surface area (Å²) in [7, 11) is 1.78. The summed E-state index contributed by atoms with van der Waals surface area (Å²) in [4.78, 5) is 17.5. The third-order valence-corrected chi connectivity index (χ3v) is 5.24. The van der Waals surface area contributed by atoms with Gasteiger partial charge in [0.2, 0.25) is 0 Å². The first kappa shape index (κ1) is 19.0. The van der Waals surface area contributed by atoms with Crippen LogP contribution < -0.4 is 5.32 Å². The van der Waals surface area contributed by atoms with E-state index >= 15 is 0 Å². The minimum absolute atomic E-state index is 0. The van der Waals surface area contributed by atoms with Gasteiger partial charge in [-0.1, -0.05) is 31.0 Å². The third-order valence-electron chi connectivity index (χ3n) is 5.24. The van der Waals surface area contributed by atoms with Gasteiger partial charge >= 0.3 is 0 Å². The van der Waals surface area contributed by atoms with E-state index in [4.69, 9.17) is 0 Å². The number of hydrogen-bond acceptors (Lipinski definition) is 3. The Balaban J connectivity index is 0.00000208. The predicted molar refractivity (Wildman–Crippen MR) is 106 cm³/mol. The molecule has 1 aromatic rings. The van der Waals surface area contributed by atoms with Crippen LogP contribution >= 0.6 is 24.0 Å². The van der Waals surface area contributed by atoms with Crippen LogP contribution in [0, 0.1) is 15.5 Å². The van der Waals surface area contributed by atoms with Gasteiger partial charge in [-0.3, -0.25) is 15.1 Å². The van der Waals surface area contributed by atoms with E-state index in [-0.39, 0.29) is 34.6 Å². The van der Waals surface area contributed by atoms with E-state index in [1.807, 2.05) is 6.07 Å². The maximum Gasteiger partial charge on any atom is 0.274 e. The number of aliphatic imine (C=N–C) groups is 1. The molecule has 0 aromatic heterocycles. The number of nitro groups is 1. The van der Waals surface area contributed by atoms with E-state index in [0.717, 1.165) is 19.0 Å². The van der Waals surface area contributed by atoms with E-state index < -0.39 is 0 Å². The molecule has 1 heterocycles. The molecule has 0 radical (unpaired) electrons. The lowest BCUT2D eigenvalue weighted by Crippen LogP contribution is -2.40. The fourth-order valence-electron chi connectivity index (χ4n) is 3.99. The second kappa shape index (κ2) is 8.13. The number of halogens is 1. The second-order valence-electron chi connectivity index (χ2n) is 6.67. The number of nitrogens with one attached hydrogen (secondary N) is 1. The molecule has 1 spiro atoms. The van der Waals surface area contributed by atoms with E-state index in [1.54, 1.807) is 25.2 Å². The number of para-hydroxylation sites is 1. The molecule has 0 bridgehead atoms. The van der Waals surface area contributed by atoms with Gasteiger partial charge in [0.1, 0.15) is 0 Å². The lowest BCUT2D eigenvalue weighted by atomic mass is 9.86. The summed E-state index contributed by atoms with van der Waals surface area (Å²) in [6, 6.07) is 6.86. The third kappa shape index (κ3) is 3.99. The molecule has 1 aliphatic heterocycles. The Labute approximate surface area is 159 Å². The fourth-order valence-corrected chi connectivity index (χ4v) is 3.99. The van der Waals surface area contributed by atoms with Gasteiger partial charge in [0.05, 0.1) is 4.92 Å². The van der Waals surface area contributed by atoms with Crippen molar-refractivity contribution in [2.24, 2.45) is 10.4 Å². The van der Waals surface area contributed by atoms with E-state index in [2.05, 4.69) is 15.2 Å². The molecule has 3 rings (SSSR count). The smallest absolute Gasteiger partial charge is 0.274 e. The maximum absolute atomic E-state index is 11.1. The molecule has 1 aromatic carbocycles. The topological polar surface area (TPSA) is 70.8 Å². The zero-order valence-corrected chi connectivity index (χ0v) is 16.4. The first-order chi connectivity index (χ1) is 11.1. The normalized spacial score (nSPS) is 19.4. The van der Waals surface area contributed by atoms with Crippen LogP contribution in [0.3, 0.4) is 0 Å². The molecule has 2 aliphatic rings. The molecule has 2 fully saturated rings. The summed E-state index contributed by atoms with van der Waals surface area (Å²) >= 11 is 0. The first-order valence-corrected chi connectivity index (χ1v) is 8.31. The molecule has 7 heteroatoms. The van der Waals surface area contributed by atoms with Crippen molar-refractivity contribution in [2.75, 3.05) is 20.1 Å². The first-order valence-electron chi connectivity index (χ1n) is 8.31. The van der Waals surface area contributed by atoms with Crippen molar-refractivity contribution < 1.29 is 4.92 Å². The largest absolute Gasteiger partial charge is 0.352 e. The van der Waals surface area contributed by atoms with Gasteiger partial charge in [-0.25, -0.2) is 0 Å². The summed E-state index contributed by atoms with van der Waals surface area (Å²) in [5.41, 5.74) is 1.33. The number of nitrogens with zero attached hydrogens (tertiary/aromatic N) is 3. The van der Waals surface area contributed by atoms with E-state index in [1.165, 1.54) is 32.1 Å². The minimum Gasteiger partial charge on any atom is -0.352 e. The van der Waals surface area contributed by atoms with Crippen molar-refractivity contribution in [1.29, 1.82) is 0 Å². The maximum atomic E-state index is 11.1. The van der Waals surface area contributed by atoms with Crippen molar-refractivity contribution in [3.63, 3.8) is 0 Å². The van der Waals surface area contributed by atoms with Crippen LogP contribution in [0.2, 0.25) is 0 Å². The summed E-state index contributed by atoms with van der Waals surface area (Å²) in [5.74, 6) is 0.854. The molecule has 6 nitrogen and oxygen atoms in total. The molecular weight excluding hydrogens is 419 g/mol. The standard InChI is InChI=1S/C17H24N4O2.HI/c1-18-16(20-11-10-17(13-20)8-4-5-9-17)19-12-14-6-2-3-7-15(14)21(22)23;/h2-3,6-7H,4-5,8-13H2,1H3,(H,18,19);1H. The van der Waals surface area contributed by atoms with Crippen molar-refractivity contribution in [2.45, 2.75) is 38.6 Å². The molecule has 132 valence electrons. The summed E-state index contributed by atoms with van der Waals surface area (Å²) in [6.07, 6.45) is 6.57. The predicted octanol–water partition coefficient (Wildman–Crippen LogP) is 3.55. The fraction of sp³-hybridized carbons (Fsp3) is 0.588. The highest BCUT2D eigenvalue weighted by molar-refractivity contribution is 14.0. The summed E-state index contributed by atoms with van der Waals surface area (Å²) < 4.78 is 0. The Hall–Kier alpha value is -1.38. The number of rotatable bonds is 3. The zero-order valence-electron chi connectivity index (χ0n) is 14.0. The molecule has 1 aliphatic carbocycles.